The first-order valence-electron chi connectivity index (χ1n) is 9.60. The van der Waals surface area contributed by atoms with Gasteiger partial charge in [-0.25, -0.2) is 0 Å². The average Bonchev–Trinajstić information content (AvgIpc) is 2.68. The minimum atomic E-state index is -0.946. The number of amides is 1. The third-order valence-corrected chi connectivity index (χ3v) is 5.35. The minimum Gasteiger partial charge on any atom is -0.481 e. The van der Waals surface area contributed by atoms with Crippen molar-refractivity contribution in [2.45, 2.75) is 44.2 Å². The second-order valence-corrected chi connectivity index (χ2v) is 7.58. The number of likely N-dealkylation sites (tertiary alicyclic amines) is 1. The Labute approximate surface area is 170 Å². The highest BCUT2D eigenvalue weighted by Crippen LogP contribution is 2.26. The number of carbonyl (C=O) groups is 2. The summed E-state index contributed by atoms with van der Waals surface area (Å²) in [5.74, 6) is -1.04. The third kappa shape index (κ3) is 5.49. The van der Waals surface area contributed by atoms with Crippen LogP contribution in [-0.4, -0.2) is 40.5 Å². The van der Waals surface area contributed by atoms with Crippen LogP contribution in [0.1, 0.15) is 31.2 Å². The Morgan fingerprint density at radius 1 is 1.11 bits per heavy atom. The van der Waals surface area contributed by atoms with Crippen LogP contribution in [0.2, 0.25) is 5.02 Å². The molecule has 1 saturated heterocycles. The average molecular weight is 401 g/mol. The molecule has 3 rings (SSSR count). The Bertz CT molecular complexity index is 812. The number of rotatable bonds is 7. The first-order valence-corrected chi connectivity index (χ1v) is 9.98. The molecule has 2 N–H and O–H groups in total. The largest absolute Gasteiger partial charge is 0.481 e. The Balaban J connectivity index is 1.81. The third-order valence-electron chi connectivity index (χ3n) is 5.12. The van der Waals surface area contributed by atoms with Gasteiger partial charge in [-0.1, -0.05) is 48.0 Å². The summed E-state index contributed by atoms with van der Waals surface area (Å²) >= 11 is 6.12. The Hall–Kier alpha value is -2.53. The Kier molecular flexibility index (Phi) is 6.93. The molecule has 28 heavy (non-hydrogen) atoms. The van der Waals surface area contributed by atoms with Crippen molar-refractivity contribution in [3.05, 3.63) is 65.2 Å². The highest BCUT2D eigenvalue weighted by atomic mass is 35.5. The van der Waals surface area contributed by atoms with E-state index in [2.05, 4.69) is 17.4 Å². The lowest BCUT2D eigenvalue weighted by Gasteiger charge is -2.42. The van der Waals surface area contributed by atoms with Crippen molar-refractivity contribution in [2.75, 3.05) is 11.9 Å². The first-order chi connectivity index (χ1) is 13.5. The van der Waals surface area contributed by atoms with E-state index >= 15 is 0 Å². The molecule has 148 valence electrons. The van der Waals surface area contributed by atoms with Gasteiger partial charge in [0.15, 0.2) is 0 Å². The van der Waals surface area contributed by atoms with Crippen LogP contribution in [0, 0.1) is 0 Å². The van der Waals surface area contributed by atoms with Gasteiger partial charge in [0, 0.05) is 29.7 Å². The number of nitrogens with one attached hydrogen (secondary N) is 1. The van der Waals surface area contributed by atoms with Gasteiger partial charge in [-0.15, -0.1) is 0 Å². The van der Waals surface area contributed by atoms with Crippen LogP contribution in [0.4, 0.5) is 5.69 Å². The summed E-state index contributed by atoms with van der Waals surface area (Å²) in [5.41, 5.74) is 2.08. The molecule has 0 unspecified atom stereocenters. The monoisotopic (exact) mass is 400 g/mol. The fourth-order valence-corrected chi connectivity index (χ4v) is 3.98. The molecule has 0 saturated carbocycles. The summed E-state index contributed by atoms with van der Waals surface area (Å²) in [6, 6.07) is 17.7. The van der Waals surface area contributed by atoms with Gasteiger partial charge in [-0.2, -0.15) is 0 Å². The van der Waals surface area contributed by atoms with Crippen molar-refractivity contribution in [1.82, 2.24) is 4.90 Å². The van der Waals surface area contributed by atoms with Crippen molar-refractivity contribution < 1.29 is 14.7 Å². The van der Waals surface area contributed by atoms with Gasteiger partial charge in [-0.3, -0.25) is 9.59 Å². The highest BCUT2D eigenvalue weighted by molar-refractivity contribution is 6.30. The van der Waals surface area contributed by atoms with Crippen molar-refractivity contribution >= 4 is 29.2 Å². The number of nitrogens with zero attached hydrogens (tertiary/aromatic N) is 1. The lowest BCUT2D eigenvalue weighted by Crippen LogP contribution is -2.54. The molecule has 0 radical (unpaired) electrons. The van der Waals surface area contributed by atoms with Crippen LogP contribution in [0.5, 0.6) is 0 Å². The van der Waals surface area contributed by atoms with Gasteiger partial charge in [0.2, 0.25) is 5.91 Å². The van der Waals surface area contributed by atoms with Gasteiger partial charge < -0.3 is 15.3 Å². The molecule has 0 aliphatic carbocycles. The normalized spacial score (nSPS) is 19.2. The quantitative estimate of drug-likeness (QED) is 0.730. The van der Waals surface area contributed by atoms with Crippen LogP contribution in [-0.2, 0) is 16.0 Å². The van der Waals surface area contributed by atoms with Crippen LogP contribution in [0.15, 0.2) is 54.6 Å². The molecule has 2 aromatic rings. The van der Waals surface area contributed by atoms with Crippen molar-refractivity contribution in [2.24, 2.45) is 0 Å². The summed E-state index contributed by atoms with van der Waals surface area (Å²) in [6.07, 6.45) is 2.43. The zero-order valence-corrected chi connectivity index (χ0v) is 16.4. The SMILES string of the molecule is O=C(O)CCC(=O)N1CCC[C@H](Nc2cccc(Cl)c2)[C@@H]1Cc1ccccc1. The van der Waals surface area contributed by atoms with E-state index in [1.165, 1.54) is 0 Å². The predicted molar refractivity (Wildman–Crippen MR) is 111 cm³/mol. The molecular weight excluding hydrogens is 376 g/mol. The zero-order valence-electron chi connectivity index (χ0n) is 15.7. The fraction of sp³-hybridized carbons (Fsp3) is 0.364. The van der Waals surface area contributed by atoms with E-state index < -0.39 is 5.97 Å². The number of hydrogen-bond donors (Lipinski definition) is 2. The Morgan fingerprint density at radius 2 is 1.89 bits per heavy atom. The predicted octanol–water partition coefficient (Wildman–Crippen LogP) is 4.22. The minimum absolute atomic E-state index is 0.0323. The van der Waals surface area contributed by atoms with Crippen LogP contribution < -0.4 is 5.32 Å². The summed E-state index contributed by atoms with van der Waals surface area (Å²) in [4.78, 5) is 25.5. The first kappa shape index (κ1) is 20.2. The molecule has 1 heterocycles. The second-order valence-electron chi connectivity index (χ2n) is 7.14. The number of carboxylic acids is 1. The molecule has 5 nitrogen and oxygen atoms in total. The number of halogens is 1. The lowest BCUT2D eigenvalue weighted by molar-refractivity contribution is -0.142. The molecule has 1 aliphatic rings. The standard InChI is InChI=1S/C22H25ClN2O3/c23-17-8-4-9-18(15-17)24-19-10-5-13-25(21(26)11-12-22(27)28)20(19)14-16-6-2-1-3-7-16/h1-4,6-9,15,19-20,24H,5,10-14H2,(H,27,28)/t19-,20-/m0/s1. The topological polar surface area (TPSA) is 69.6 Å². The van der Waals surface area contributed by atoms with Gasteiger partial charge in [0.1, 0.15) is 0 Å². The van der Waals surface area contributed by atoms with Gasteiger partial charge in [0.05, 0.1) is 12.5 Å². The molecule has 0 spiro atoms. The number of carboxylic acid groups (broad SMARTS) is 1. The summed E-state index contributed by atoms with van der Waals surface area (Å²) < 4.78 is 0. The maximum Gasteiger partial charge on any atom is 0.303 e. The van der Waals surface area contributed by atoms with Crippen LogP contribution in [0.25, 0.3) is 0 Å². The van der Waals surface area contributed by atoms with Gasteiger partial charge in [-0.05, 0) is 43.0 Å². The molecular formula is C22H25ClN2O3. The molecule has 0 bridgehead atoms. The van der Waals surface area contributed by atoms with Crippen LogP contribution >= 0.6 is 11.6 Å². The van der Waals surface area contributed by atoms with E-state index in [1.54, 1.807) is 0 Å². The number of aliphatic carboxylic acids is 1. The maximum absolute atomic E-state index is 12.8. The number of carbonyl (C=O) groups excluding carboxylic acids is 1. The zero-order chi connectivity index (χ0) is 19.9. The lowest BCUT2D eigenvalue weighted by atomic mass is 9.90. The number of benzene rings is 2. The summed E-state index contributed by atoms with van der Waals surface area (Å²) in [6.45, 7) is 0.656. The van der Waals surface area contributed by atoms with E-state index in [9.17, 15) is 9.59 Å². The molecule has 1 aliphatic heterocycles. The molecule has 6 heteroatoms. The van der Waals surface area contributed by atoms with Crippen LogP contribution in [0.3, 0.4) is 0 Å². The van der Waals surface area contributed by atoms with Crippen molar-refractivity contribution in [3.8, 4) is 0 Å². The molecule has 1 fully saturated rings. The smallest absolute Gasteiger partial charge is 0.303 e. The van der Waals surface area contributed by atoms with E-state index in [4.69, 9.17) is 16.7 Å². The number of piperidine rings is 1. The molecule has 1 amide bonds. The number of anilines is 1. The van der Waals surface area contributed by atoms with Crippen molar-refractivity contribution in [1.29, 1.82) is 0 Å². The maximum atomic E-state index is 12.8. The fourth-order valence-electron chi connectivity index (χ4n) is 3.79. The van der Waals surface area contributed by atoms with E-state index in [0.29, 0.717) is 11.6 Å². The summed E-state index contributed by atoms with van der Waals surface area (Å²) in [5, 5.41) is 13.1. The van der Waals surface area contributed by atoms with E-state index in [0.717, 1.165) is 30.5 Å². The molecule has 2 aromatic carbocycles. The van der Waals surface area contributed by atoms with Gasteiger partial charge >= 0.3 is 5.97 Å². The summed E-state index contributed by atoms with van der Waals surface area (Å²) in [7, 11) is 0. The highest BCUT2D eigenvalue weighted by Gasteiger charge is 2.34. The molecule has 2 atom stereocenters. The Morgan fingerprint density at radius 3 is 2.61 bits per heavy atom. The van der Waals surface area contributed by atoms with E-state index in [1.807, 2.05) is 47.4 Å². The second kappa shape index (κ2) is 9.60. The van der Waals surface area contributed by atoms with E-state index in [-0.39, 0.29) is 30.8 Å². The van der Waals surface area contributed by atoms with Crippen molar-refractivity contribution in [3.63, 3.8) is 0 Å². The molecule has 0 aromatic heterocycles. The number of hydrogen-bond acceptors (Lipinski definition) is 3. The van der Waals surface area contributed by atoms with Gasteiger partial charge in [0.25, 0.3) is 0 Å².